The Balaban J connectivity index is 2.25. The van der Waals surface area contributed by atoms with E-state index in [-0.39, 0.29) is 11.4 Å². The highest BCUT2D eigenvalue weighted by Crippen LogP contribution is 2.29. The minimum Gasteiger partial charge on any atom is -0.376 e. The average Bonchev–Trinajstić information content (AvgIpc) is 2.12. The third kappa shape index (κ3) is 1.51. The molecule has 1 saturated heterocycles. The first kappa shape index (κ1) is 9.21. The number of amides is 1. The topological polar surface area (TPSA) is 38.3 Å². The third-order valence-electron chi connectivity index (χ3n) is 2.44. The molecule has 1 aliphatic rings. The summed E-state index contributed by atoms with van der Waals surface area (Å²) in [5, 5.41) is 2.95. The van der Waals surface area contributed by atoms with E-state index in [1.54, 1.807) is 0 Å². The van der Waals surface area contributed by atoms with Crippen molar-refractivity contribution in [1.29, 1.82) is 0 Å². The highest BCUT2D eigenvalue weighted by molar-refractivity contribution is 5.74. The van der Waals surface area contributed by atoms with Gasteiger partial charge >= 0.3 is 0 Å². The quantitative estimate of drug-likeness (QED) is 0.758. The summed E-state index contributed by atoms with van der Waals surface area (Å²) in [6.07, 6.45) is 0. The van der Waals surface area contributed by atoms with Gasteiger partial charge < -0.3 is 10.1 Å². The molecule has 0 bridgehead atoms. The highest BCUT2D eigenvalue weighted by Gasteiger charge is 2.40. The molecule has 0 aromatic heterocycles. The van der Waals surface area contributed by atoms with Gasteiger partial charge in [0.05, 0.1) is 13.2 Å². The molecule has 0 atom stereocenters. The van der Waals surface area contributed by atoms with Crippen molar-refractivity contribution < 1.29 is 9.53 Å². The molecule has 0 saturated carbocycles. The number of hydrogen-bond donors (Lipinski definition) is 1. The Morgan fingerprint density at radius 2 is 2.00 bits per heavy atom. The highest BCUT2D eigenvalue weighted by atomic mass is 16.5. The number of ether oxygens (including phenoxy) is 1. The van der Waals surface area contributed by atoms with Gasteiger partial charge in [0.2, 0.25) is 5.91 Å². The largest absolute Gasteiger partial charge is 0.376 e. The Kier molecular flexibility index (Phi) is 2.25. The molecular weight excluding hydrogens is 178 g/mol. The van der Waals surface area contributed by atoms with E-state index in [0.29, 0.717) is 13.2 Å². The number of hydrogen-bond acceptors (Lipinski definition) is 2. The van der Waals surface area contributed by atoms with Crippen molar-refractivity contribution in [3.05, 3.63) is 35.9 Å². The molecule has 1 N–H and O–H groups in total. The maximum atomic E-state index is 11.1. The van der Waals surface area contributed by atoms with Gasteiger partial charge in [-0.15, -0.1) is 0 Å². The molecule has 3 heteroatoms. The molecule has 1 aromatic rings. The van der Waals surface area contributed by atoms with E-state index in [0.717, 1.165) is 5.56 Å². The summed E-state index contributed by atoms with van der Waals surface area (Å²) >= 11 is 0. The number of benzene rings is 1. The van der Waals surface area contributed by atoms with Crippen molar-refractivity contribution in [2.45, 2.75) is 12.5 Å². The maximum Gasteiger partial charge on any atom is 0.217 e. The molecule has 0 unspecified atom stereocenters. The van der Waals surface area contributed by atoms with Crippen LogP contribution in [0, 0.1) is 0 Å². The van der Waals surface area contributed by atoms with Crippen LogP contribution in [0.3, 0.4) is 0 Å². The molecule has 0 aliphatic carbocycles. The van der Waals surface area contributed by atoms with E-state index >= 15 is 0 Å². The molecule has 1 fully saturated rings. The van der Waals surface area contributed by atoms with Gasteiger partial charge in [0.1, 0.15) is 5.54 Å². The lowest BCUT2D eigenvalue weighted by Gasteiger charge is -2.42. The molecule has 2 rings (SSSR count). The van der Waals surface area contributed by atoms with Crippen LogP contribution in [0.4, 0.5) is 0 Å². The first-order valence-corrected chi connectivity index (χ1v) is 4.65. The SMILES string of the molecule is CC(=O)NC1(c2ccccc2)COC1. The van der Waals surface area contributed by atoms with E-state index in [2.05, 4.69) is 5.32 Å². The van der Waals surface area contributed by atoms with E-state index in [9.17, 15) is 4.79 Å². The van der Waals surface area contributed by atoms with Crippen LogP contribution in [0.5, 0.6) is 0 Å². The van der Waals surface area contributed by atoms with Crippen LogP contribution in [0.15, 0.2) is 30.3 Å². The first-order valence-electron chi connectivity index (χ1n) is 4.65. The zero-order valence-corrected chi connectivity index (χ0v) is 8.12. The monoisotopic (exact) mass is 191 g/mol. The van der Waals surface area contributed by atoms with Crippen molar-refractivity contribution in [2.24, 2.45) is 0 Å². The van der Waals surface area contributed by atoms with Gasteiger partial charge in [-0.05, 0) is 5.56 Å². The number of carbonyl (C=O) groups excluding carboxylic acids is 1. The Morgan fingerprint density at radius 3 is 2.43 bits per heavy atom. The molecule has 14 heavy (non-hydrogen) atoms. The summed E-state index contributed by atoms with van der Waals surface area (Å²) in [6.45, 7) is 2.66. The fraction of sp³-hybridized carbons (Fsp3) is 0.364. The predicted octanol–water partition coefficient (Wildman–Crippen LogP) is 1.05. The van der Waals surface area contributed by atoms with Crippen LogP contribution >= 0.6 is 0 Å². The van der Waals surface area contributed by atoms with E-state index in [4.69, 9.17) is 4.74 Å². The van der Waals surface area contributed by atoms with Gasteiger partial charge in [-0.3, -0.25) is 4.79 Å². The van der Waals surface area contributed by atoms with Gasteiger partial charge in [-0.1, -0.05) is 30.3 Å². The average molecular weight is 191 g/mol. The summed E-state index contributed by atoms with van der Waals surface area (Å²) in [5.74, 6) is -0.0165. The third-order valence-corrected chi connectivity index (χ3v) is 2.44. The smallest absolute Gasteiger partial charge is 0.217 e. The second-order valence-electron chi connectivity index (χ2n) is 3.62. The van der Waals surface area contributed by atoms with Crippen LogP contribution in [-0.2, 0) is 15.1 Å². The van der Waals surface area contributed by atoms with Crippen molar-refractivity contribution in [3.8, 4) is 0 Å². The fourth-order valence-electron chi connectivity index (χ4n) is 1.71. The van der Waals surface area contributed by atoms with Crippen LogP contribution in [0.1, 0.15) is 12.5 Å². The van der Waals surface area contributed by atoms with Crippen molar-refractivity contribution in [1.82, 2.24) is 5.32 Å². The minimum absolute atomic E-state index is 0.0165. The summed E-state index contributed by atoms with van der Waals surface area (Å²) in [7, 11) is 0. The van der Waals surface area contributed by atoms with Crippen LogP contribution in [0.2, 0.25) is 0 Å². The second-order valence-corrected chi connectivity index (χ2v) is 3.62. The number of carbonyl (C=O) groups is 1. The molecule has 0 spiro atoms. The molecular formula is C11H13NO2. The van der Waals surface area contributed by atoms with Gasteiger partial charge in [0, 0.05) is 6.92 Å². The summed E-state index contributed by atoms with van der Waals surface area (Å²) < 4.78 is 5.18. The fourth-order valence-corrected chi connectivity index (χ4v) is 1.71. The number of rotatable bonds is 2. The van der Waals surface area contributed by atoms with Gasteiger partial charge in [0.15, 0.2) is 0 Å². The van der Waals surface area contributed by atoms with Gasteiger partial charge in [-0.25, -0.2) is 0 Å². The van der Waals surface area contributed by atoms with E-state index < -0.39 is 0 Å². The van der Waals surface area contributed by atoms with Gasteiger partial charge in [0.25, 0.3) is 0 Å². The number of nitrogens with one attached hydrogen (secondary N) is 1. The Labute approximate surface area is 83.1 Å². The van der Waals surface area contributed by atoms with E-state index in [1.807, 2.05) is 30.3 Å². The lowest BCUT2D eigenvalue weighted by atomic mass is 9.88. The van der Waals surface area contributed by atoms with Crippen molar-refractivity contribution in [2.75, 3.05) is 13.2 Å². The summed E-state index contributed by atoms with van der Waals surface area (Å²) in [6, 6.07) is 9.93. The maximum absolute atomic E-state index is 11.1. The van der Waals surface area contributed by atoms with Crippen LogP contribution in [-0.4, -0.2) is 19.1 Å². The van der Waals surface area contributed by atoms with E-state index in [1.165, 1.54) is 6.92 Å². The minimum atomic E-state index is -0.285. The standard InChI is InChI=1S/C11H13NO2/c1-9(13)12-11(7-14-8-11)10-5-3-2-4-6-10/h2-6H,7-8H2,1H3,(H,12,13). The molecule has 1 amide bonds. The summed E-state index contributed by atoms with van der Waals surface area (Å²) in [4.78, 5) is 11.1. The van der Waals surface area contributed by atoms with Gasteiger partial charge in [-0.2, -0.15) is 0 Å². The molecule has 74 valence electrons. The normalized spacial score (nSPS) is 18.4. The zero-order chi connectivity index (χ0) is 10.0. The molecule has 1 heterocycles. The zero-order valence-electron chi connectivity index (χ0n) is 8.12. The second kappa shape index (κ2) is 3.42. The Bertz CT molecular complexity index is 330. The lowest BCUT2D eigenvalue weighted by Crippen LogP contribution is -2.58. The predicted molar refractivity (Wildman–Crippen MR) is 52.8 cm³/mol. The van der Waals surface area contributed by atoms with Crippen molar-refractivity contribution in [3.63, 3.8) is 0 Å². The first-order chi connectivity index (χ1) is 6.73. The molecule has 0 radical (unpaired) electrons. The Morgan fingerprint density at radius 1 is 1.36 bits per heavy atom. The Hall–Kier alpha value is -1.35. The summed E-state index contributed by atoms with van der Waals surface area (Å²) in [5.41, 5.74) is 0.828. The molecule has 1 aliphatic heterocycles. The molecule has 1 aromatic carbocycles. The van der Waals surface area contributed by atoms with Crippen LogP contribution < -0.4 is 5.32 Å². The lowest BCUT2D eigenvalue weighted by molar-refractivity contribution is -0.131. The molecule has 3 nitrogen and oxygen atoms in total. The van der Waals surface area contributed by atoms with Crippen molar-refractivity contribution >= 4 is 5.91 Å². The van der Waals surface area contributed by atoms with Crippen LogP contribution in [0.25, 0.3) is 0 Å².